The molecule has 4 N–H and O–H groups in total. The molecule has 2 aromatic rings. The number of primary amides is 1. The Labute approximate surface area is 192 Å². The molecular weight excluding hydrogens is 508 g/mol. The first kappa shape index (κ1) is 23.1. The average molecular weight is 531 g/mol. The van der Waals surface area contributed by atoms with Crippen molar-refractivity contribution in [1.29, 1.82) is 0 Å². The van der Waals surface area contributed by atoms with Crippen LogP contribution in [0.1, 0.15) is 10.5 Å². The quantitative estimate of drug-likeness (QED) is 0.473. The minimum absolute atomic E-state index is 0.0261. The maximum atomic E-state index is 13.5. The highest BCUT2D eigenvalue weighted by molar-refractivity contribution is 9.10. The van der Waals surface area contributed by atoms with Crippen molar-refractivity contribution in [3.05, 3.63) is 28.4 Å². The van der Waals surface area contributed by atoms with Gasteiger partial charge in [0.05, 0.1) is 32.5 Å². The zero-order valence-corrected chi connectivity index (χ0v) is 19.4. The number of carbonyl (C=O) groups is 2. The van der Waals surface area contributed by atoms with Crippen molar-refractivity contribution in [2.75, 3.05) is 46.1 Å². The number of aromatic nitrogens is 1. The van der Waals surface area contributed by atoms with Crippen molar-refractivity contribution in [3.8, 4) is 0 Å². The smallest absolute Gasteiger partial charge is 0.266 e. The third-order valence-corrected chi connectivity index (χ3v) is 7.71. The van der Waals surface area contributed by atoms with Crippen molar-refractivity contribution in [2.45, 2.75) is 17.1 Å². The number of benzene rings is 1. The van der Waals surface area contributed by atoms with E-state index < -0.39 is 27.9 Å². The molecule has 0 aliphatic carbocycles. The second-order valence-electron chi connectivity index (χ2n) is 7.42. The predicted molar refractivity (Wildman–Crippen MR) is 117 cm³/mol. The fraction of sp³-hybridized carbons (Fsp3) is 0.474. The van der Waals surface area contributed by atoms with Crippen LogP contribution in [0.3, 0.4) is 0 Å². The number of sulfonamides is 1. The van der Waals surface area contributed by atoms with Gasteiger partial charge >= 0.3 is 0 Å². The van der Waals surface area contributed by atoms with E-state index in [0.29, 0.717) is 35.2 Å². The summed E-state index contributed by atoms with van der Waals surface area (Å²) in [5.74, 6) is -1.34. The standard InChI is InChI=1S/C19H23BrN4O7S/c20-11-1-2-14-13(7-11)17(16(23-14)18(21)25)32(27,28)24-3-4-31-15(9-24)19(26)22-8-12-10-29-5-6-30-12/h1-2,7,12,15,23H,3-6,8-10H2,(H2,21,25)(H,22,26). The van der Waals surface area contributed by atoms with Gasteiger partial charge in [-0.05, 0) is 18.2 Å². The highest BCUT2D eigenvalue weighted by Gasteiger charge is 2.38. The van der Waals surface area contributed by atoms with Crippen LogP contribution in [0, 0.1) is 0 Å². The second-order valence-corrected chi connectivity index (χ2v) is 10.2. The van der Waals surface area contributed by atoms with Crippen LogP contribution in [0.15, 0.2) is 27.6 Å². The van der Waals surface area contributed by atoms with Crippen LogP contribution in [-0.4, -0.2) is 87.8 Å². The Bertz CT molecular complexity index is 1130. The van der Waals surface area contributed by atoms with E-state index in [-0.39, 0.29) is 42.9 Å². The molecule has 2 atom stereocenters. The molecule has 13 heteroatoms. The number of nitrogens with one attached hydrogen (secondary N) is 2. The first-order chi connectivity index (χ1) is 15.3. The molecule has 174 valence electrons. The second kappa shape index (κ2) is 9.45. The lowest BCUT2D eigenvalue weighted by atomic mass is 10.2. The number of rotatable bonds is 6. The van der Waals surface area contributed by atoms with Crippen molar-refractivity contribution in [2.24, 2.45) is 5.73 Å². The van der Waals surface area contributed by atoms with Gasteiger partial charge in [0, 0.05) is 35.0 Å². The largest absolute Gasteiger partial charge is 0.376 e. The van der Waals surface area contributed by atoms with Crippen LogP contribution >= 0.6 is 15.9 Å². The lowest BCUT2D eigenvalue weighted by Crippen LogP contribution is -2.53. The van der Waals surface area contributed by atoms with E-state index in [1.165, 1.54) is 0 Å². The van der Waals surface area contributed by atoms with E-state index in [2.05, 4.69) is 26.2 Å². The van der Waals surface area contributed by atoms with Gasteiger partial charge in [0.1, 0.15) is 16.7 Å². The number of aromatic amines is 1. The Balaban J connectivity index is 1.55. The molecule has 2 aliphatic heterocycles. The minimum Gasteiger partial charge on any atom is -0.376 e. The summed E-state index contributed by atoms with van der Waals surface area (Å²) in [6.07, 6.45) is -1.27. The maximum Gasteiger partial charge on any atom is 0.266 e. The van der Waals surface area contributed by atoms with Crippen molar-refractivity contribution < 1.29 is 32.2 Å². The van der Waals surface area contributed by atoms with Gasteiger partial charge in [-0.1, -0.05) is 15.9 Å². The van der Waals surface area contributed by atoms with Crippen molar-refractivity contribution in [3.63, 3.8) is 0 Å². The molecule has 32 heavy (non-hydrogen) atoms. The lowest BCUT2D eigenvalue weighted by molar-refractivity contribution is -0.138. The van der Waals surface area contributed by atoms with Crippen LogP contribution in [0.5, 0.6) is 0 Å². The molecule has 2 fully saturated rings. The fourth-order valence-corrected chi connectivity index (χ4v) is 5.82. The van der Waals surface area contributed by atoms with Crippen LogP contribution in [0.4, 0.5) is 0 Å². The molecular formula is C19H23BrN4O7S. The van der Waals surface area contributed by atoms with E-state index in [9.17, 15) is 18.0 Å². The van der Waals surface area contributed by atoms with Gasteiger partial charge in [-0.25, -0.2) is 8.42 Å². The van der Waals surface area contributed by atoms with Gasteiger partial charge in [0.25, 0.3) is 11.8 Å². The number of ether oxygens (including phenoxy) is 3. The van der Waals surface area contributed by atoms with Gasteiger partial charge in [-0.3, -0.25) is 9.59 Å². The third-order valence-electron chi connectivity index (χ3n) is 5.27. The van der Waals surface area contributed by atoms with Crippen LogP contribution in [0.2, 0.25) is 0 Å². The third kappa shape index (κ3) is 4.67. The summed E-state index contributed by atoms with van der Waals surface area (Å²) in [5, 5.41) is 3.05. The highest BCUT2D eigenvalue weighted by Crippen LogP contribution is 2.32. The first-order valence-corrected chi connectivity index (χ1v) is 12.2. The van der Waals surface area contributed by atoms with Crippen LogP contribution in [0.25, 0.3) is 10.9 Å². The van der Waals surface area contributed by atoms with E-state index in [1.54, 1.807) is 18.2 Å². The molecule has 0 bridgehead atoms. The summed E-state index contributed by atoms with van der Waals surface area (Å²) in [6.45, 7) is 1.43. The Hall–Kier alpha value is -2.03. The number of H-pyrrole nitrogens is 1. The first-order valence-electron chi connectivity index (χ1n) is 9.97. The summed E-state index contributed by atoms with van der Waals surface area (Å²) >= 11 is 3.32. The Morgan fingerprint density at radius 3 is 2.78 bits per heavy atom. The SMILES string of the molecule is NC(=O)c1[nH]c2ccc(Br)cc2c1S(=O)(=O)N1CCOC(C(=O)NCC2COCCO2)C1. The average Bonchev–Trinajstić information content (AvgIpc) is 3.18. The predicted octanol–water partition coefficient (Wildman–Crippen LogP) is -0.0496. The number of hydrogen-bond acceptors (Lipinski definition) is 7. The normalized spacial score (nSPS) is 22.7. The monoisotopic (exact) mass is 530 g/mol. The molecule has 0 saturated carbocycles. The van der Waals surface area contributed by atoms with E-state index in [4.69, 9.17) is 19.9 Å². The Kier molecular flexibility index (Phi) is 6.83. The molecule has 2 saturated heterocycles. The number of nitrogens with zero attached hydrogens (tertiary/aromatic N) is 1. The minimum atomic E-state index is -4.16. The number of hydrogen-bond donors (Lipinski definition) is 3. The molecule has 0 spiro atoms. The number of fused-ring (bicyclic) bond motifs is 1. The van der Waals surface area contributed by atoms with Gasteiger partial charge < -0.3 is 30.2 Å². The molecule has 2 aliphatic rings. The zero-order valence-electron chi connectivity index (χ0n) is 17.0. The summed E-state index contributed by atoms with van der Waals surface area (Å²) in [7, 11) is -4.16. The highest BCUT2D eigenvalue weighted by atomic mass is 79.9. The van der Waals surface area contributed by atoms with E-state index in [0.717, 1.165) is 4.31 Å². The molecule has 11 nitrogen and oxygen atoms in total. The van der Waals surface area contributed by atoms with Gasteiger partial charge in [0.2, 0.25) is 10.0 Å². The Morgan fingerprint density at radius 1 is 1.25 bits per heavy atom. The number of halogens is 1. The molecule has 1 aromatic heterocycles. The topological polar surface area (TPSA) is 153 Å². The van der Waals surface area contributed by atoms with Gasteiger partial charge in [-0.2, -0.15) is 4.31 Å². The summed E-state index contributed by atoms with van der Waals surface area (Å²) in [5.41, 5.74) is 5.70. The van der Waals surface area contributed by atoms with Crippen molar-refractivity contribution in [1.82, 2.24) is 14.6 Å². The number of amides is 2. The Morgan fingerprint density at radius 2 is 2.06 bits per heavy atom. The van der Waals surface area contributed by atoms with Crippen LogP contribution < -0.4 is 11.1 Å². The van der Waals surface area contributed by atoms with Gasteiger partial charge in [0.15, 0.2) is 0 Å². The number of morpholine rings is 1. The van der Waals surface area contributed by atoms with E-state index >= 15 is 0 Å². The summed E-state index contributed by atoms with van der Waals surface area (Å²) in [6, 6.07) is 4.97. The molecule has 2 amide bonds. The fourth-order valence-electron chi connectivity index (χ4n) is 3.70. The number of nitrogens with two attached hydrogens (primary N) is 1. The molecule has 4 rings (SSSR count). The molecule has 1 aromatic carbocycles. The molecule has 3 heterocycles. The number of carbonyl (C=O) groups excluding carboxylic acids is 2. The zero-order chi connectivity index (χ0) is 22.9. The summed E-state index contributed by atoms with van der Waals surface area (Å²) in [4.78, 5) is 27.2. The van der Waals surface area contributed by atoms with Crippen molar-refractivity contribution >= 4 is 48.7 Å². The van der Waals surface area contributed by atoms with Gasteiger partial charge in [-0.15, -0.1) is 0 Å². The molecule has 0 radical (unpaired) electrons. The molecule has 2 unspecified atom stereocenters. The van der Waals surface area contributed by atoms with Crippen LogP contribution in [-0.2, 0) is 29.0 Å². The summed E-state index contributed by atoms with van der Waals surface area (Å²) < 4.78 is 45.1. The van der Waals surface area contributed by atoms with E-state index in [1.807, 2.05) is 0 Å². The lowest BCUT2D eigenvalue weighted by Gasteiger charge is -2.32. The maximum absolute atomic E-state index is 13.5.